The van der Waals surface area contributed by atoms with Gasteiger partial charge in [0.05, 0.1) is 26.7 Å². The first-order valence-electron chi connectivity index (χ1n) is 11.9. The first kappa shape index (κ1) is 30.5. The summed E-state index contributed by atoms with van der Waals surface area (Å²) in [7, 11) is 3.24. The van der Waals surface area contributed by atoms with Crippen LogP contribution in [0, 0.1) is 5.21 Å². The van der Waals surface area contributed by atoms with Crippen molar-refractivity contribution in [3.63, 3.8) is 0 Å². The number of quaternary nitrogens is 1. The Hall–Kier alpha value is -0.690. The molecule has 6 nitrogen and oxygen atoms in total. The summed E-state index contributed by atoms with van der Waals surface area (Å²) in [6.07, 6.45) is 17.1. The molecular weight excluding hydrogens is 368 g/mol. The molecule has 0 aromatic rings. The Balaban J connectivity index is 0. The van der Waals surface area contributed by atoms with Crippen LogP contribution in [-0.4, -0.2) is 54.1 Å². The zero-order valence-electron chi connectivity index (χ0n) is 19.5. The number of unbranched alkanes of at least 4 members (excludes halogenated alkanes) is 10. The summed E-state index contributed by atoms with van der Waals surface area (Å²) in [5.74, 6) is -0.678. The fourth-order valence-electron chi connectivity index (χ4n) is 3.14. The Morgan fingerprint density at radius 1 is 0.862 bits per heavy atom. The van der Waals surface area contributed by atoms with Crippen molar-refractivity contribution in [2.45, 2.75) is 116 Å². The molecule has 0 aromatic carbocycles. The number of hydrogen-bond acceptors (Lipinski definition) is 4. The van der Waals surface area contributed by atoms with Gasteiger partial charge in [0.25, 0.3) is 0 Å². The maximum Gasteiger partial charge on any atom is 0.303 e. The Kier molecular flexibility index (Phi) is 23.1. The van der Waals surface area contributed by atoms with E-state index in [9.17, 15) is 15.1 Å². The van der Waals surface area contributed by atoms with Crippen molar-refractivity contribution in [2.24, 2.45) is 5.73 Å². The second kappa shape index (κ2) is 22.0. The number of carboxylic acid groups (broad SMARTS) is 1. The molecule has 0 spiro atoms. The molecule has 0 amide bonds. The smallest absolute Gasteiger partial charge is 0.303 e. The van der Waals surface area contributed by atoms with Crippen LogP contribution in [-0.2, 0) is 4.79 Å². The van der Waals surface area contributed by atoms with E-state index < -0.39 is 5.97 Å². The molecule has 1 unspecified atom stereocenters. The van der Waals surface area contributed by atoms with Gasteiger partial charge in [-0.25, -0.2) is 0 Å². The lowest BCUT2D eigenvalue weighted by Crippen LogP contribution is -2.34. The number of nitrogens with zero attached hydrogens (tertiary/aromatic N) is 1. The zero-order valence-corrected chi connectivity index (χ0v) is 19.5. The quantitative estimate of drug-likeness (QED) is 0.152. The van der Waals surface area contributed by atoms with Crippen molar-refractivity contribution < 1.29 is 19.7 Å². The number of aliphatic hydroxyl groups is 1. The fraction of sp³-hybridized carbons (Fsp3) is 0.957. The average molecular weight is 419 g/mol. The van der Waals surface area contributed by atoms with Gasteiger partial charge in [-0.05, 0) is 25.8 Å². The number of carbonyl (C=O) groups is 1. The highest BCUT2D eigenvalue weighted by Crippen LogP contribution is 2.14. The summed E-state index contributed by atoms with van der Waals surface area (Å²) < 4.78 is -0.225. The van der Waals surface area contributed by atoms with Crippen molar-refractivity contribution in [2.75, 3.05) is 27.2 Å². The molecular formula is C23H50N2O4. The summed E-state index contributed by atoms with van der Waals surface area (Å²) in [6.45, 7) is 3.45. The number of carboxylic acids is 1. The molecule has 0 bridgehead atoms. The average Bonchev–Trinajstić information content (AvgIpc) is 2.64. The van der Waals surface area contributed by atoms with Gasteiger partial charge >= 0.3 is 5.97 Å². The monoisotopic (exact) mass is 418 g/mol. The van der Waals surface area contributed by atoms with Crippen LogP contribution in [0.4, 0.5) is 0 Å². The normalized spacial score (nSPS) is 12.3. The highest BCUT2D eigenvalue weighted by atomic mass is 16.5. The van der Waals surface area contributed by atoms with Crippen LogP contribution in [0.25, 0.3) is 0 Å². The number of aliphatic carboxylic acids is 1. The van der Waals surface area contributed by atoms with Crippen LogP contribution in [0.15, 0.2) is 0 Å². The van der Waals surface area contributed by atoms with Gasteiger partial charge in [0.15, 0.2) is 0 Å². The molecule has 6 heteroatoms. The summed E-state index contributed by atoms with van der Waals surface area (Å²) in [5.41, 5.74) is 5.19. The van der Waals surface area contributed by atoms with Gasteiger partial charge in [0, 0.05) is 12.8 Å². The Morgan fingerprint density at radius 3 is 1.69 bits per heavy atom. The van der Waals surface area contributed by atoms with Crippen LogP contribution >= 0.6 is 0 Å². The van der Waals surface area contributed by atoms with E-state index in [0.29, 0.717) is 19.5 Å². The molecule has 0 aliphatic heterocycles. The lowest BCUT2D eigenvalue weighted by Gasteiger charge is -2.33. The van der Waals surface area contributed by atoms with Gasteiger partial charge in [-0.1, -0.05) is 77.6 Å². The molecule has 29 heavy (non-hydrogen) atoms. The molecule has 0 saturated carbocycles. The zero-order chi connectivity index (χ0) is 22.4. The molecule has 1 atom stereocenters. The van der Waals surface area contributed by atoms with E-state index in [0.717, 1.165) is 44.9 Å². The number of nitrogens with two attached hydrogens (primary N) is 1. The van der Waals surface area contributed by atoms with E-state index in [4.69, 9.17) is 10.8 Å². The number of hydrogen-bond donors (Lipinski definition) is 3. The molecule has 0 rings (SSSR count). The number of aliphatic hydroxyl groups excluding tert-OH is 1. The molecule has 0 aliphatic carbocycles. The summed E-state index contributed by atoms with van der Waals surface area (Å²) in [6, 6.07) is 0. The van der Waals surface area contributed by atoms with E-state index >= 15 is 0 Å². The minimum Gasteiger partial charge on any atom is -0.633 e. The van der Waals surface area contributed by atoms with Crippen molar-refractivity contribution in [1.29, 1.82) is 0 Å². The molecule has 4 N–H and O–H groups in total. The molecule has 0 fully saturated rings. The summed E-state index contributed by atoms with van der Waals surface area (Å²) in [4.78, 5) is 10.3. The van der Waals surface area contributed by atoms with E-state index in [-0.39, 0.29) is 10.8 Å². The van der Waals surface area contributed by atoms with Crippen LogP contribution in [0.3, 0.4) is 0 Å². The Bertz CT molecular complexity index is 346. The SMILES string of the molecule is CCCCCCC(O)CCCCCCCCCCC(=O)O.C[N+](C)([O-])CCCN. The standard InChI is InChI=1S/C18H36O3.C5H14N2O/c1-2-3-4-11-14-17(19)15-12-9-7-5-6-8-10-13-16-18(20)21;1-7(2,8)5-3-4-6/h17,19H,2-16H2,1H3,(H,20,21);3-6H2,1-2H3. The van der Waals surface area contributed by atoms with E-state index in [1.54, 1.807) is 14.1 Å². The van der Waals surface area contributed by atoms with Gasteiger partial charge < -0.3 is 25.8 Å². The van der Waals surface area contributed by atoms with Crippen LogP contribution in [0.1, 0.15) is 110 Å². The van der Waals surface area contributed by atoms with Gasteiger partial charge in [0.1, 0.15) is 0 Å². The maximum atomic E-state index is 10.7. The number of hydroxylamine groups is 3. The lowest BCUT2D eigenvalue weighted by molar-refractivity contribution is -0.840. The second-order valence-electron chi connectivity index (χ2n) is 8.70. The predicted molar refractivity (Wildman–Crippen MR) is 123 cm³/mol. The predicted octanol–water partition coefficient (Wildman–Crippen LogP) is 5.21. The van der Waals surface area contributed by atoms with Crippen molar-refractivity contribution in [3.05, 3.63) is 5.21 Å². The van der Waals surface area contributed by atoms with Crippen molar-refractivity contribution >= 4 is 5.97 Å². The van der Waals surface area contributed by atoms with E-state index in [2.05, 4.69) is 6.92 Å². The summed E-state index contributed by atoms with van der Waals surface area (Å²) >= 11 is 0. The molecule has 0 saturated heterocycles. The molecule has 0 radical (unpaired) electrons. The van der Waals surface area contributed by atoms with Gasteiger partial charge in [-0.3, -0.25) is 4.79 Å². The van der Waals surface area contributed by atoms with Gasteiger partial charge in [-0.15, -0.1) is 0 Å². The highest BCUT2D eigenvalue weighted by molar-refractivity contribution is 5.66. The van der Waals surface area contributed by atoms with Gasteiger partial charge in [0.2, 0.25) is 0 Å². The van der Waals surface area contributed by atoms with Crippen LogP contribution in [0.5, 0.6) is 0 Å². The summed E-state index contributed by atoms with van der Waals surface area (Å²) in [5, 5.41) is 29.1. The third kappa shape index (κ3) is 32.2. The molecule has 0 aliphatic rings. The molecule has 0 heterocycles. The maximum absolute atomic E-state index is 10.7. The highest BCUT2D eigenvalue weighted by Gasteiger charge is 2.03. The first-order chi connectivity index (χ1) is 13.7. The number of rotatable bonds is 19. The van der Waals surface area contributed by atoms with Crippen LogP contribution < -0.4 is 5.73 Å². The third-order valence-corrected chi connectivity index (χ3v) is 4.97. The largest absolute Gasteiger partial charge is 0.633 e. The van der Waals surface area contributed by atoms with E-state index in [1.165, 1.54) is 51.4 Å². The minimum atomic E-state index is -0.678. The van der Waals surface area contributed by atoms with Crippen molar-refractivity contribution in [3.8, 4) is 0 Å². The molecule has 176 valence electrons. The Labute approximate surface area is 180 Å². The Morgan fingerprint density at radius 2 is 1.31 bits per heavy atom. The first-order valence-corrected chi connectivity index (χ1v) is 11.9. The minimum absolute atomic E-state index is 0.0853. The van der Waals surface area contributed by atoms with Gasteiger partial charge in [-0.2, -0.15) is 0 Å². The lowest BCUT2D eigenvalue weighted by atomic mass is 10.0. The third-order valence-electron chi connectivity index (χ3n) is 4.97. The fourth-order valence-corrected chi connectivity index (χ4v) is 3.14. The topological polar surface area (TPSA) is 107 Å². The molecule has 0 aromatic heterocycles. The van der Waals surface area contributed by atoms with Crippen molar-refractivity contribution in [1.82, 2.24) is 0 Å². The van der Waals surface area contributed by atoms with E-state index in [1.807, 2.05) is 0 Å². The second-order valence-corrected chi connectivity index (χ2v) is 8.70. The van der Waals surface area contributed by atoms with Crippen LogP contribution in [0.2, 0.25) is 0 Å².